The number of methoxy groups -OCH3 is 1. The van der Waals surface area contributed by atoms with Crippen LogP contribution >= 0.6 is 0 Å². The number of aromatic nitrogens is 3. The third kappa shape index (κ3) is 3.73. The highest BCUT2D eigenvalue weighted by molar-refractivity contribution is 5.95. The van der Waals surface area contributed by atoms with Crippen molar-refractivity contribution in [3.05, 3.63) is 85.2 Å². The molecule has 1 aliphatic rings. The van der Waals surface area contributed by atoms with Gasteiger partial charge in [0.25, 0.3) is 0 Å². The molecule has 3 heterocycles. The van der Waals surface area contributed by atoms with Crippen molar-refractivity contribution in [3.63, 3.8) is 0 Å². The summed E-state index contributed by atoms with van der Waals surface area (Å²) < 4.78 is 16.4. The molecular formula is C27H20N4O3. The van der Waals surface area contributed by atoms with Gasteiger partial charge in [-0.2, -0.15) is 0 Å². The molecule has 0 unspecified atom stereocenters. The van der Waals surface area contributed by atoms with Crippen molar-refractivity contribution in [2.24, 2.45) is 0 Å². The molecule has 0 bridgehead atoms. The molecule has 0 spiro atoms. The Morgan fingerprint density at radius 1 is 0.824 bits per heavy atom. The quantitative estimate of drug-likeness (QED) is 0.362. The van der Waals surface area contributed by atoms with Gasteiger partial charge in [0.1, 0.15) is 11.6 Å². The number of hydrogen-bond donors (Lipinski definition) is 1. The summed E-state index contributed by atoms with van der Waals surface area (Å²) in [7, 11) is 1.67. The molecule has 0 amide bonds. The number of anilines is 2. The van der Waals surface area contributed by atoms with Crippen molar-refractivity contribution in [2.75, 3.05) is 19.2 Å². The van der Waals surface area contributed by atoms with Gasteiger partial charge in [0.2, 0.25) is 6.79 Å². The van der Waals surface area contributed by atoms with Crippen LogP contribution in [-0.4, -0.2) is 28.9 Å². The first-order valence-corrected chi connectivity index (χ1v) is 10.8. The molecule has 1 aliphatic heterocycles. The number of nitrogens with zero attached hydrogens (tertiary/aromatic N) is 3. The first-order chi connectivity index (χ1) is 16.8. The van der Waals surface area contributed by atoms with Gasteiger partial charge in [0.05, 0.1) is 12.6 Å². The van der Waals surface area contributed by atoms with Crippen LogP contribution < -0.4 is 19.5 Å². The molecule has 3 aromatic carbocycles. The fraction of sp³-hybridized carbons (Fsp3) is 0.0741. The number of rotatable bonds is 5. The number of pyridine rings is 1. The van der Waals surface area contributed by atoms with Crippen LogP contribution in [0.4, 0.5) is 11.5 Å². The van der Waals surface area contributed by atoms with Crippen molar-refractivity contribution < 1.29 is 14.2 Å². The molecule has 0 saturated heterocycles. The molecule has 0 saturated carbocycles. The average molecular weight is 448 g/mol. The molecular weight excluding hydrogens is 428 g/mol. The number of hydrogen-bond acceptors (Lipinski definition) is 7. The van der Waals surface area contributed by atoms with Gasteiger partial charge in [-0.15, -0.1) is 0 Å². The fourth-order valence-corrected chi connectivity index (χ4v) is 3.94. The molecule has 0 radical (unpaired) electrons. The number of fused-ring (bicyclic) bond motifs is 2. The van der Waals surface area contributed by atoms with Crippen molar-refractivity contribution in [3.8, 4) is 39.8 Å². The van der Waals surface area contributed by atoms with E-state index in [9.17, 15) is 0 Å². The fourth-order valence-electron chi connectivity index (χ4n) is 3.94. The maximum Gasteiger partial charge on any atom is 0.231 e. The van der Waals surface area contributed by atoms with Crippen LogP contribution in [0.15, 0.2) is 85.2 Å². The van der Waals surface area contributed by atoms with Gasteiger partial charge in [-0.1, -0.05) is 18.2 Å². The summed E-state index contributed by atoms with van der Waals surface area (Å²) >= 11 is 0. The summed E-state index contributed by atoms with van der Waals surface area (Å²) in [4.78, 5) is 13.9. The van der Waals surface area contributed by atoms with Gasteiger partial charge in [-0.3, -0.25) is 4.98 Å². The largest absolute Gasteiger partial charge is 0.497 e. The molecule has 34 heavy (non-hydrogen) atoms. The summed E-state index contributed by atoms with van der Waals surface area (Å²) in [5.41, 5.74) is 4.59. The second-order valence-electron chi connectivity index (χ2n) is 7.79. The van der Waals surface area contributed by atoms with Crippen molar-refractivity contribution >= 4 is 22.4 Å². The highest BCUT2D eigenvalue weighted by Crippen LogP contribution is 2.37. The first-order valence-electron chi connectivity index (χ1n) is 10.8. The smallest absolute Gasteiger partial charge is 0.231 e. The molecule has 7 heteroatoms. The topological polar surface area (TPSA) is 78.4 Å². The molecule has 2 aromatic heterocycles. The lowest BCUT2D eigenvalue weighted by Gasteiger charge is -2.13. The molecule has 0 fully saturated rings. The van der Waals surface area contributed by atoms with Crippen molar-refractivity contribution in [2.45, 2.75) is 0 Å². The highest BCUT2D eigenvalue weighted by Gasteiger charge is 2.16. The van der Waals surface area contributed by atoms with E-state index in [4.69, 9.17) is 24.2 Å². The lowest BCUT2D eigenvalue weighted by atomic mass is 10.0. The Hall–Kier alpha value is -4.65. The van der Waals surface area contributed by atoms with Crippen LogP contribution in [0, 0.1) is 0 Å². The third-order valence-corrected chi connectivity index (χ3v) is 5.65. The maximum absolute atomic E-state index is 5.54. The number of ether oxygens (including phenoxy) is 3. The van der Waals surface area contributed by atoms with Crippen LogP contribution in [0.3, 0.4) is 0 Å². The molecule has 166 valence electrons. The van der Waals surface area contributed by atoms with E-state index in [1.54, 1.807) is 19.5 Å². The Morgan fingerprint density at radius 2 is 1.71 bits per heavy atom. The molecule has 7 nitrogen and oxygen atoms in total. The Morgan fingerprint density at radius 3 is 2.59 bits per heavy atom. The summed E-state index contributed by atoms with van der Waals surface area (Å²) in [6.45, 7) is 0.226. The van der Waals surface area contributed by atoms with Gasteiger partial charge in [-0.25, -0.2) is 9.97 Å². The van der Waals surface area contributed by atoms with Crippen LogP contribution in [0.5, 0.6) is 17.2 Å². The summed E-state index contributed by atoms with van der Waals surface area (Å²) in [5, 5.41) is 4.35. The average Bonchev–Trinajstić information content (AvgIpc) is 3.37. The molecule has 0 aliphatic carbocycles. The van der Waals surface area contributed by atoms with E-state index in [-0.39, 0.29) is 6.79 Å². The molecule has 1 N–H and O–H groups in total. The van der Waals surface area contributed by atoms with Gasteiger partial charge < -0.3 is 19.5 Å². The number of nitrogens with one attached hydrogen (secondary N) is 1. The van der Waals surface area contributed by atoms with E-state index in [1.807, 2.05) is 54.6 Å². The summed E-state index contributed by atoms with van der Waals surface area (Å²) in [5.74, 6) is 3.52. The van der Waals surface area contributed by atoms with Crippen LogP contribution in [0.2, 0.25) is 0 Å². The second kappa shape index (κ2) is 8.37. The summed E-state index contributed by atoms with van der Waals surface area (Å²) in [6.07, 6.45) is 3.49. The predicted octanol–water partition coefficient (Wildman–Crippen LogP) is 5.84. The Balaban J connectivity index is 1.49. The van der Waals surface area contributed by atoms with E-state index in [0.717, 1.165) is 44.8 Å². The normalized spacial score (nSPS) is 12.0. The van der Waals surface area contributed by atoms with Crippen LogP contribution in [0.25, 0.3) is 33.4 Å². The Bertz CT molecular complexity index is 1510. The van der Waals surface area contributed by atoms with Gasteiger partial charge >= 0.3 is 0 Å². The molecule has 6 rings (SSSR count). The standard InChI is InChI=1S/C27H20N4O3/c1-32-21-6-2-4-17(12-21)18-7-9-23-22(13-18)27(31-26(30-23)19-5-3-11-28-15-19)29-20-8-10-24-25(14-20)34-16-33-24/h2-15H,16H2,1H3,(H,29,30,31). The van der Waals surface area contributed by atoms with E-state index in [1.165, 1.54) is 0 Å². The minimum Gasteiger partial charge on any atom is -0.497 e. The van der Waals surface area contributed by atoms with Crippen molar-refractivity contribution in [1.29, 1.82) is 0 Å². The van der Waals surface area contributed by atoms with Gasteiger partial charge in [0, 0.05) is 35.1 Å². The van der Waals surface area contributed by atoms with Gasteiger partial charge in [-0.05, 0) is 59.7 Å². The lowest BCUT2D eigenvalue weighted by Crippen LogP contribution is -2.00. The minimum absolute atomic E-state index is 0.226. The van der Waals surface area contributed by atoms with E-state index in [0.29, 0.717) is 17.4 Å². The van der Waals surface area contributed by atoms with E-state index < -0.39 is 0 Å². The highest BCUT2D eigenvalue weighted by atomic mass is 16.7. The lowest BCUT2D eigenvalue weighted by molar-refractivity contribution is 0.174. The Labute approximate surface area is 196 Å². The van der Waals surface area contributed by atoms with E-state index >= 15 is 0 Å². The van der Waals surface area contributed by atoms with Crippen LogP contribution in [-0.2, 0) is 0 Å². The van der Waals surface area contributed by atoms with Gasteiger partial charge in [0.15, 0.2) is 17.3 Å². The zero-order valence-corrected chi connectivity index (χ0v) is 18.4. The minimum atomic E-state index is 0.226. The Kier molecular flexibility index (Phi) is 4.92. The number of benzene rings is 3. The van der Waals surface area contributed by atoms with Crippen LogP contribution in [0.1, 0.15) is 0 Å². The monoisotopic (exact) mass is 448 g/mol. The SMILES string of the molecule is COc1cccc(-c2ccc3nc(-c4cccnc4)nc(Nc4ccc5c(c4)OCO5)c3c2)c1. The molecule has 5 aromatic rings. The zero-order chi connectivity index (χ0) is 22.9. The molecule has 0 atom stereocenters. The second-order valence-corrected chi connectivity index (χ2v) is 7.79. The first kappa shape index (κ1) is 20.0. The maximum atomic E-state index is 5.54. The zero-order valence-electron chi connectivity index (χ0n) is 18.4. The van der Waals surface area contributed by atoms with E-state index in [2.05, 4.69) is 28.5 Å². The summed E-state index contributed by atoms with van der Waals surface area (Å²) in [6, 6.07) is 23.7. The predicted molar refractivity (Wildman–Crippen MR) is 131 cm³/mol. The third-order valence-electron chi connectivity index (χ3n) is 5.65. The van der Waals surface area contributed by atoms with Crippen molar-refractivity contribution in [1.82, 2.24) is 15.0 Å².